The summed E-state index contributed by atoms with van der Waals surface area (Å²) in [7, 11) is -3.24. The lowest BCUT2D eigenvalue weighted by Crippen LogP contribution is -2.31. The highest BCUT2D eigenvalue weighted by Gasteiger charge is 2.37. The molecule has 2 unspecified atom stereocenters. The van der Waals surface area contributed by atoms with Gasteiger partial charge in [-0.05, 0) is 32.1 Å². The fraction of sp³-hybridized carbons (Fsp3) is 1.00. The number of nitrogens with two attached hydrogens (primary N) is 1. The van der Waals surface area contributed by atoms with Gasteiger partial charge in [-0.1, -0.05) is 0 Å². The van der Waals surface area contributed by atoms with E-state index in [2.05, 4.69) is 0 Å². The second kappa shape index (κ2) is 5.61. The Balaban J connectivity index is 2.47. The van der Waals surface area contributed by atoms with Crippen LogP contribution in [0.4, 0.5) is 8.78 Å². The van der Waals surface area contributed by atoms with Gasteiger partial charge in [0.25, 0.3) is 0 Å². The van der Waals surface area contributed by atoms with E-state index in [0.29, 0.717) is 19.3 Å². The van der Waals surface area contributed by atoms with Crippen molar-refractivity contribution in [1.29, 1.82) is 0 Å². The van der Waals surface area contributed by atoms with Gasteiger partial charge in [-0.3, -0.25) is 0 Å². The van der Waals surface area contributed by atoms with Gasteiger partial charge >= 0.3 is 0 Å². The van der Waals surface area contributed by atoms with Crippen LogP contribution in [-0.2, 0) is 9.84 Å². The molecule has 102 valence electrons. The van der Waals surface area contributed by atoms with Gasteiger partial charge < -0.3 is 5.73 Å². The summed E-state index contributed by atoms with van der Waals surface area (Å²) < 4.78 is 49.7. The molecule has 0 amide bonds. The lowest BCUT2D eigenvalue weighted by molar-refractivity contribution is -0.0489. The molecule has 6 heteroatoms. The van der Waals surface area contributed by atoms with Crippen LogP contribution in [0.15, 0.2) is 0 Å². The minimum atomic E-state index is -3.24. The molecule has 1 rings (SSSR count). The van der Waals surface area contributed by atoms with Gasteiger partial charge in [0.2, 0.25) is 5.92 Å². The largest absolute Gasteiger partial charge is 0.328 e. The molecule has 0 bridgehead atoms. The molecule has 17 heavy (non-hydrogen) atoms. The standard InChI is InChI=1S/C11H21F2NO2S/c1-9(14)4-6-17(15,16)8-10-3-2-5-11(12,13)7-10/h9-10H,2-8,14H2,1H3. The molecule has 0 aromatic carbocycles. The number of hydrogen-bond donors (Lipinski definition) is 1. The first-order valence-electron chi connectivity index (χ1n) is 6.04. The zero-order valence-corrected chi connectivity index (χ0v) is 11.0. The van der Waals surface area contributed by atoms with Crippen LogP contribution in [0.3, 0.4) is 0 Å². The molecule has 1 aliphatic carbocycles. The normalized spacial score (nSPS) is 26.7. The molecule has 1 aliphatic rings. The molecule has 0 radical (unpaired) electrons. The highest BCUT2D eigenvalue weighted by molar-refractivity contribution is 7.91. The van der Waals surface area contributed by atoms with Crippen molar-refractivity contribution >= 4 is 9.84 Å². The molecule has 1 fully saturated rings. The Hall–Kier alpha value is -0.230. The number of halogens is 2. The van der Waals surface area contributed by atoms with E-state index in [9.17, 15) is 17.2 Å². The molecule has 0 aromatic heterocycles. The predicted octanol–water partition coefficient (Wildman–Crippen LogP) is 1.96. The van der Waals surface area contributed by atoms with Crippen LogP contribution in [0.1, 0.15) is 39.0 Å². The van der Waals surface area contributed by atoms with Gasteiger partial charge in [-0.2, -0.15) is 0 Å². The van der Waals surface area contributed by atoms with Crippen LogP contribution in [0.25, 0.3) is 0 Å². The summed E-state index contributed by atoms with van der Waals surface area (Å²) in [4.78, 5) is 0. The van der Waals surface area contributed by atoms with E-state index in [1.165, 1.54) is 0 Å². The van der Waals surface area contributed by atoms with Crippen LogP contribution in [0, 0.1) is 5.92 Å². The quantitative estimate of drug-likeness (QED) is 0.830. The zero-order valence-electron chi connectivity index (χ0n) is 10.2. The van der Waals surface area contributed by atoms with Crippen molar-refractivity contribution in [3.63, 3.8) is 0 Å². The van der Waals surface area contributed by atoms with Gasteiger partial charge in [0.1, 0.15) is 0 Å². The molecule has 2 N–H and O–H groups in total. The molecular weight excluding hydrogens is 248 g/mol. The number of rotatable bonds is 5. The lowest BCUT2D eigenvalue weighted by atomic mass is 9.88. The molecule has 0 aromatic rings. The Morgan fingerprint density at radius 2 is 2.12 bits per heavy atom. The van der Waals surface area contributed by atoms with Crippen LogP contribution in [0.2, 0.25) is 0 Å². The molecule has 0 aliphatic heterocycles. The third-order valence-corrected chi connectivity index (χ3v) is 4.95. The fourth-order valence-electron chi connectivity index (χ4n) is 2.23. The highest BCUT2D eigenvalue weighted by atomic mass is 32.2. The molecule has 0 spiro atoms. The topological polar surface area (TPSA) is 60.2 Å². The summed E-state index contributed by atoms with van der Waals surface area (Å²) in [6.45, 7) is 1.74. The van der Waals surface area contributed by atoms with E-state index < -0.39 is 21.7 Å². The first-order valence-corrected chi connectivity index (χ1v) is 7.86. The maximum absolute atomic E-state index is 13.1. The van der Waals surface area contributed by atoms with Crippen molar-refractivity contribution in [2.24, 2.45) is 11.7 Å². The minimum absolute atomic E-state index is 0.00668. The fourth-order valence-corrected chi connectivity index (χ4v) is 4.13. The first kappa shape index (κ1) is 14.8. The Morgan fingerprint density at radius 3 is 2.65 bits per heavy atom. The summed E-state index contributed by atoms with van der Waals surface area (Å²) in [5.41, 5.74) is 5.49. The summed E-state index contributed by atoms with van der Waals surface area (Å²) in [6, 6.07) is -0.169. The van der Waals surface area contributed by atoms with Gasteiger partial charge in [0.15, 0.2) is 9.84 Å². The van der Waals surface area contributed by atoms with E-state index in [-0.39, 0.29) is 30.4 Å². The Labute approximate surface area is 102 Å². The van der Waals surface area contributed by atoms with Crippen LogP contribution >= 0.6 is 0 Å². The lowest BCUT2D eigenvalue weighted by Gasteiger charge is -2.28. The van der Waals surface area contributed by atoms with Crippen LogP contribution in [-0.4, -0.2) is 31.9 Å². The van der Waals surface area contributed by atoms with E-state index in [4.69, 9.17) is 5.73 Å². The van der Waals surface area contributed by atoms with Crippen molar-refractivity contribution in [3.8, 4) is 0 Å². The summed E-state index contributed by atoms with van der Waals surface area (Å²) in [6.07, 6.45) is 1.01. The monoisotopic (exact) mass is 269 g/mol. The summed E-state index contributed by atoms with van der Waals surface area (Å²) in [5.74, 6) is -3.18. The average Bonchev–Trinajstić information content (AvgIpc) is 2.12. The molecular formula is C11H21F2NO2S. The Kier molecular flexibility index (Phi) is 4.89. The SMILES string of the molecule is CC(N)CCS(=O)(=O)CC1CCCC(F)(F)C1. The van der Waals surface area contributed by atoms with Crippen molar-refractivity contribution < 1.29 is 17.2 Å². The molecule has 2 atom stereocenters. The zero-order chi connectivity index (χ0) is 13.1. The maximum atomic E-state index is 13.1. The molecule has 0 saturated heterocycles. The first-order chi connectivity index (χ1) is 7.70. The van der Waals surface area contributed by atoms with Crippen LogP contribution < -0.4 is 5.73 Å². The van der Waals surface area contributed by atoms with Crippen LogP contribution in [0.5, 0.6) is 0 Å². The summed E-state index contributed by atoms with van der Waals surface area (Å²) in [5, 5.41) is 0. The van der Waals surface area contributed by atoms with E-state index >= 15 is 0 Å². The number of hydrogen-bond acceptors (Lipinski definition) is 3. The third kappa shape index (κ3) is 5.77. The van der Waals surface area contributed by atoms with Gasteiger partial charge in [-0.25, -0.2) is 17.2 Å². The second-order valence-electron chi connectivity index (χ2n) is 5.20. The van der Waals surface area contributed by atoms with Crippen molar-refractivity contribution in [2.45, 2.75) is 51.0 Å². The second-order valence-corrected chi connectivity index (χ2v) is 7.43. The molecule has 0 heterocycles. The highest BCUT2D eigenvalue weighted by Crippen LogP contribution is 2.37. The third-order valence-electron chi connectivity index (χ3n) is 3.12. The van der Waals surface area contributed by atoms with Gasteiger partial charge in [-0.15, -0.1) is 0 Å². The Bertz CT molecular complexity index is 341. The Morgan fingerprint density at radius 1 is 1.47 bits per heavy atom. The van der Waals surface area contributed by atoms with Gasteiger partial charge in [0, 0.05) is 18.9 Å². The van der Waals surface area contributed by atoms with Crippen molar-refractivity contribution in [3.05, 3.63) is 0 Å². The smallest absolute Gasteiger partial charge is 0.248 e. The average molecular weight is 269 g/mol. The summed E-state index contributed by atoms with van der Waals surface area (Å²) >= 11 is 0. The van der Waals surface area contributed by atoms with E-state index in [1.807, 2.05) is 0 Å². The van der Waals surface area contributed by atoms with Crippen molar-refractivity contribution in [1.82, 2.24) is 0 Å². The molecule has 3 nitrogen and oxygen atoms in total. The van der Waals surface area contributed by atoms with E-state index in [1.54, 1.807) is 6.92 Å². The minimum Gasteiger partial charge on any atom is -0.328 e. The number of sulfone groups is 1. The maximum Gasteiger partial charge on any atom is 0.248 e. The number of alkyl halides is 2. The van der Waals surface area contributed by atoms with Gasteiger partial charge in [0.05, 0.1) is 11.5 Å². The van der Waals surface area contributed by atoms with E-state index in [0.717, 1.165) is 0 Å². The van der Waals surface area contributed by atoms with Crippen molar-refractivity contribution in [2.75, 3.05) is 11.5 Å². The predicted molar refractivity (Wildman–Crippen MR) is 63.8 cm³/mol. The molecule has 1 saturated carbocycles.